The first-order chi connectivity index (χ1) is 15.5. The Bertz CT molecular complexity index is 1270. The van der Waals surface area contributed by atoms with Gasteiger partial charge in [-0.15, -0.1) is 16.8 Å². The smallest absolute Gasteiger partial charge is 0.416 e. The zero-order chi connectivity index (χ0) is 24.2. The molecule has 0 aliphatic carbocycles. The summed E-state index contributed by atoms with van der Waals surface area (Å²) >= 11 is 0. The number of hydrogen-bond donors (Lipinski definition) is 0. The van der Waals surface area contributed by atoms with Crippen LogP contribution in [-0.2, 0) is 27.5 Å². The lowest BCUT2D eigenvalue weighted by molar-refractivity contribution is -0.137. The van der Waals surface area contributed by atoms with Crippen LogP contribution in [0.5, 0.6) is 0 Å². The molecule has 12 heteroatoms. The molecule has 0 bridgehead atoms. The molecule has 0 atom stereocenters. The summed E-state index contributed by atoms with van der Waals surface area (Å²) in [6.45, 7) is 4.43. The number of carbonyl (C=O) groups is 1. The van der Waals surface area contributed by atoms with Gasteiger partial charge in [-0.1, -0.05) is 18.2 Å². The third-order valence-electron chi connectivity index (χ3n) is 4.31. The van der Waals surface area contributed by atoms with Crippen molar-refractivity contribution < 1.29 is 35.5 Å². The van der Waals surface area contributed by atoms with Crippen molar-refractivity contribution in [3.8, 4) is 0 Å². The summed E-state index contributed by atoms with van der Waals surface area (Å²) in [4.78, 5) is 12.0. The van der Waals surface area contributed by atoms with Gasteiger partial charge in [0.1, 0.15) is 0 Å². The van der Waals surface area contributed by atoms with Gasteiger partial charge < -0.3 is 9.15 Å². The molecule has 33 heavy (non-hydrogen) atoms. The van der Waals surface area contributed by atoms with E-state index in [4.69, 9.17) is 9.15 Å². The lowest BCUT2D eigenvalue weighted by Crippen LogP contribution is -2.31. The quantitative estimate of drug-likeness (QED) is 0.352. The molecule has 0 spiro atoms. The first-order valence-corrected chi connectivity index (χ1v) is 10.8. The fourth-order valence-corrected chi connectivity index (χ4v) is 4.29. The minimum Gasteiger partial charge on any atom is -0.452 e. The second-order valence-corrected chi connectivity index (χ2v) is 8.55. The van der Waals surface area contributed by atoms with E-state index in [2.05, 4.69) is 16.8 Å². The molecule has 0 saturated heterocycles. The Morgan fingerprint density at radius 2 is 1.91 bits per heavy atom. The SMILES string of the molecule is C=CCN(c1cccc(C(F)(F)F)c1)S(=O)(=O)c1cccc(C(=O)OCc2nnc(C)o2)c1. The van der Waals surface area contributed by atoms with E-state index in [9.17, 15) is 26.4 Å². The predicted octanol–water partition coefficient (Wildman–Crippen LogP) is 4.14. The standard InChI is InChI=1S/C21H18F3N3O5S/c1-3-10-27(17-8-5-7-16(12-17)21(22,23)24)33(29,30)18-9-4-6-15(11-18)20(28)31-13-19-26-25-14(2)32-19/h3-9,11-12H,1,10,13H2,2H3. The van der Waals surface area contributed by atoms with Gasteiger partial charge in [0.2, 0.25) is 5.89 Å². The van der Waals surface area contributed by atoms with Crippen LogP contribution in [0.2, 0.25) is 0 Å². The van der Waals surface area contributed by atoms with Crippen LogP contribution in [0, 0.1) is 6.92 Å². The molecule has 0 N–H and O–H groups in total. The molecule has 3 rings (SSSR count). The van der Waals surface area contributed by atoms with Crippen molar-refractivity contribution in [2.75, 3.05) is 10.8 Å². The summed E-state index contributed by atoms with van der Waals surface area (Å²) in [5, 5.41) is 7.28. The minimum absolute atomic E-state index is 0.0614. The fraction of sp³-hybridized carbons (Fsp3) is 0.190. The summed E-state index contributed by atoms with van der Waals surface area (Å²) in [5.41, 5.74) is -1.29. The average molecular weight is 481 g/mol. The van der Waals surface area contributed by atoms with E-state index in [-0.39, 0.29) is 41.1 Å². The predicted molar refractivity (Wildman–Crippen MR) is 111 cm³/mol. The van der Waals surface area contributed by atoms with Gasteiger partial charge in [-0.05, 0) is 36.4 Å². The van der Waals surface area contributed by atoms with Gasteiger partial charge in [0, 0.05) is 6.92 Å². The molecule has 0 saturated carbocycles. The molecule has 3 aromatic rings. The van der Waals surface area contributed by atoms with Crippen molar-refractivity contribution >= 4 is 21.7 Å². The molecular formula is C21H18F3N3O5S. The topological polar surface area (TPSA) is 103 Å². The number of aryl methyl sites for hydroxylation is 1. The summed E-state index contributed by atoms with van der Waals surface area (Å²) in [5.74, 6) is -0.505. The minimum atomic E-state index is -4.65. The summed E-state index contributed by atoms with van der Waals surface area (Å²) < 4.78 is 76.8. The van der Waals surface area contributed by atoms with E-state index in [1.54, 1.807) is 6.92 Å². The number of hydrogen-bond acceptors (Lipinski definition) is 7. The Kier molecular flexibility index (Phi) is 6.86. The zero-order valence-electron chi connectivity index (χ0n) is 17.2. The van der Waals surface area contributed by atoms with Gasteiger partial charge in [-0.25, -0.2) is 13.2 Å². The largest absolute Gasteiger partial charge is 0.452 e. The molecule has 0 amide bonds. The van der Waals surface area contributed by atoms with Crippen molar-refractivity contribution in [3.63, 3.8) is 0 Å². The number of aromatic nitrogens is 2. The number of benzene rings is 2. The second kappa shape index (κ2) is 9.45. The molecule has 8 nitrogen and oxygen atoms in total. The van der Waals surface area contributed by atoms with Gasteiger partial charge in [-0.2, -0.15) is 13.2 Å². The van der Waals surface area contributed by atoms with Crippen LogP contribution >= 0.6 is 0 Å². The van der Waals surface area contributed by atoms with Crippen LogP contribution in [0.4, 0.5) is 18.9 Å². The third kappa shape index (κ3) is 5.58. The van der Waals surface area contributed by atoms with E-state index >= 15 is 0 Å². The maximum atomic E-state index is 13.3. The number of anilines is 1. The number of rotatable bonds is 8. The monoisotopic (exact) mass is 481 g/mol. The van der Waals surface area contributed by atoms with Crippen LogP contribution in [0.15, 0.2) is 70.5 Å². The summed E-state index contributed by atoms with van der Waals surface area (Å²) in [7, 11) is -4.35. The first kappa shape index (κ1) is 24.0. The van der Waals surface area contributed by atoms with Gasteiger partial charge in [-0.3, -0.25) is 4.31 Å². The van der Waals surface area contributed by atoms with E-state index in [0.29, 0.717) is 0 Å². The Morgan fingerprint density at radius 1 is 1.18 bits per heavy atom. The van der Waals surface area contributed by atoms with Gasteiger partial charge in [0.15, 0.2) is 6.61 Å². The van der Waals surface area contributed by atoms with Crippen LogP contribution in [0.3, 0.4) is 0 Å². The highest BCUT2D eigenvalue weighted by Gasteiger charge is 2.32. The molecule has 0 aliphatic heterocycles. The van der Waals surface area contributed by atoms with Crippen LogP contribution < -0.4 is 4.31 Å². The normalized spacial score (nSPS) is 11.8. The average Bonchev–Trinajstić information content (AvgIpc) is 3.20. The van der Waals surface area contributed by atoms with Crippen molar-refractivity contribution in [1.29, 1.82) is 0 Å². The molecule has 2 aromatic carbocycles. The number of alkyl halides is 3. The molecule has 0 aliphatic rings. The molecule has 0 unspecified atom stereocenters. The van der Waals surface area contributed by atoms with Crippen molar-refractivity contribution in [2.45, 2.75) is 24.6 Å². The Morgan fingerprint density at radius 3 is 2.55 bits per heavy atom. The van der Waals surface area contributed by atoms with E-state index in [0.717, 1.165) is 28.6 Å². The summed E-state index contributed by atoms with van der Waals surface area (Å²) in [6, 6.07) is 8.85. The van der Waals surface area contributed by atoms with Crippen molar-refractivity contribution in [1.82, 2.24) is 10.2 Å². The molecule has 0 radical (unpaired) electrons. The fourth-order valence-electron chi connectivity index (χ4n) is 2.81. The Labute approximate surface area is 187 Å². The third-order valence-corrected chi connectivity index (χ3v) is 6.10. The van der Waals surface area contributed by atoms with Gasteiger partial charge >= 0.3 is 12.1 Å². The van der Waals surface area contributed by atoms with Gasteiger partial charge in [0.05, 0.1) is 28.3 Å². The lowest BCUT2D eigenvalue weighted by Gasteiger charge is -2.24. The van der Waals surface area contributed by atoms with E-state index < -0.39 is 27.7 Å². The Hall–Kier alpha value is -3.67. The highest BCUT2D eigenvalue weighted by Crippen LogP contribution is 2.33. The Balaban J connectivity index is 1.90. The van der Waals surface area contributed by atoms with Crippen molar-refractivity contribution in [3.05, 3.63) is 84.1 Å². The number of sulfonamides is 1. The number of ether oxygens (including phenoxy) is 1. The van der Waals surface area contributed by atoms with Crippen LogP contribution in [0.1, 0.15) is 27.7 Å². The molecule has 1 aromatic heterocycles. The highest BCUT2D eigenvalue weighted by atomic mass is 32.2. The van der Waals surface area contributed by atoms with Crippen LogP contribution in [-0.4, -0.2) is 31.1 Å². The first-order valence-electron chi connectivity index (χ1n) is 9.39. The van der Waals surface area contributed by atoms with Crippen molar-refractivity contribution in [2.24, 2.45) is 0 Å². The number of carbonyl (C=O) groups excluding carboxylic acids is 1. The maximum absolute atomic E-state index is 13.3. The molecular weight excluding hydrogens is 463 g/mol. The number of halogens is 3. The number of nitrogens with zero attached hydrogens (tertiary/aromatic N) is 3. The van der Waals surface area contributed by atoms with Gasteiger partial charge in [0.25, 0.3) is 15.9 Å². The molecule has 174 valence electrons. The zero-order valence-corrected chi connectivity index (χ0v) is 18.1. The second-order valence-electron chi connectivity index (χ2n) is 6.69. The maximum Gasteiger partial charge on any atom is 0.416 e. The molecule has 1 heterocycles. The number of esters is 1. The van der Waals surface area contributed by atoms with E-state index in [1.807, 2.05) is 0 Å². The summed E-state index contributed by atoms with van der Waals surface area (Å²) in [6.07, 6.45) is -3.41. The van der Waals surface area contributed by atoms with Crippen LogP contribution in [0.25, 0.3) is 0 Å². The molecule has 0 fully saturated rings. The lowest BCUT2D eigenvalue weighted by atomic mass is 10.2. The highest BCUT2D eigenvalue weighted by molar-refractivity contribution is 7.92. The van der Waals surface area contributed by atoms with E-state index in [1.165, 1.54) is 30.3 Å².